The molecule has 1 amide bonds. The van der Waals surface area contributed by atoms with Gasteiger partial charge in [-0.25, -0.2) is 9.78 Å². The van der Waals surface area contributed by atoms with Gasteiger partial charge < -0.3 is 4.74 Å². The lowest BCUT2D eigenvalue weighted by Gasteiger charge is -2.27. The van der Waals surface area contributed by atoms with Crippen molar-refractivity contribution in [1.82, 2.24) is 4.98 Å². The zero-order chi connectivity index (χ0) is 20.1. The summed E-state index contributed by atoms with van der Waals surface area (Å²) in [6.45, 7) is 3.17. The minimum Gasteiger partial charge on any atom is -0.440 e. The molecule has 1 aromatic heterocycles. The first-order chi connectivity index (χ1) is 12.6. The van der Waals surface area contributed by atoms with Gasteiger partial charge in [0.2, 0.25) is 0 Å². The highest BCUT2D eigenvalue weighted by Gasteiger charge is 2.32. The summed E-state index contributed by atoms with van der Waals surface area (Å²) in [5.74, 6) is -0.125. The van der Waals surface area contributed by atoms with E-state index in [1.54, 1.807) is 38.1 Å². The minimum absolute atomic E-state index is 0.0139. The maximum atomic E-state index is 12.7. The van der Waals surface area contributed by atoms with Gasteiger partial charge in [-0.2, -0.15) is 13.2 Å². The average molecular weight is 403 g/mol. The Morgan fingerprint density at radius 1 is 1.15 bits per heavy atom. The van der Waals surface area contributed by atoms with E-state index in [2.05, 4.69) is 4.98 Å². The maximum absolute atomic E-state index is 12.7. The molecule has 0 unspecified atom stereocenters. The number of halogens is 4. The number of hydrogen-bond acceptors (Lipinski definition) is 4. The third-order valence-electron chi connectivity index (χ3n) is 3.34. The summed E-state index contributed by atoms with van der Waals surface area (Å²) in [7, 11) is 0. The van der Waals surface area contributed by atoms with E-state index in [0.717, 1.165) is 17.7 Å². The van der Waals surface area contributed by atoms with E-state index in [9.17, 15) is 18.0 Å². The van der Waals surface area contributed by atoms with Crippen LogP contribution in [0, 0.1) is 0 Å². The van der Waals surface area contributed by atoms with Crippen molar-refractivity contribution in [1.29, 1.82) is 0 Å². The Labute approximate surface area is 159 Å². The van der Waals surface area contributed by atoms with Gasteiger partial charge in [0.1, 0.15) is 12.2 Å². The fourth-order valence-electron chi connectivity index (χ4n) is 1.90. The zero-order valence-electron chi connectivity index (χ0n) is 14.7. The van der Waals surface area contributed by atoms with Crippen molar-refractivity contribution in [3.05, 3.63) is 59.8 Å². The van der Waals surface area contributed by atoms with Crippen LogP contribution in [-0.2, 0) is 22.4 Å². The van der Waals surface area contributed by atoms with Crippen molar-refractivity contribution in [2.24, 2.45) is 0 Å². The minimum atomic E-state index is -4.54. The molecule has 0 N–H and O–H groups in total. The molecule has 1 aromatic carbocycles. The molecule has 1 heterocycles. The highest BCUT2D eigenvalue weighted by Crippen LogP contribution is 2.29. The Hall–Kier alpha value is -2.32. The summed E-state index contributed by atoms with van der Waals surface area (Å²) >= 11 is 5.75. The van der Waals surface area contributed by atoms with Gasteiger partial charge in [-0.1, -0.05) is 30.3 Å². The van der Waals surface area contributed by atoms with Gasteiger partial charge >= 0.3 is 12.3 Å². The number of hydrogen-bond donors (Lipinski definition) is 0. The number of alkyl halides is 4. The SMILES string of the molecule is CC(C)(CCl)OC(=O)N(OCc1ccccc1)c1ccc(C(F)(F)F)cn1. The lowest BCUT2D eigenvalue weighted by molar-refractivity contribution is -0.137. The van der Waals surface area contributed by atoms with Crippen LogP contribution in [0.1, 0.15) is 25.0 Å². The topological polar surface area (TPSA) is 51.7 Å². The van der Waals surface area contributed by atoms with Gasteiger partial charge in [-0.3, -0.25) is 4.84 Å². The van der Waals surface area contributed by atoms with E-state index in [4.69, 9.17) is 21.2 Å². The summed E-state index contributed by atoms with van der Waals surface area (Å²) in [6, 6.07) is 10.8. The van der Waals surface area contributed by atoms with Crippen molar-refractivity contribution in [2.45, 2.75) is 32.2 Å². The third kappa shape index (κ3) is 6.11. The number of carbonyl (C=O) groups is 1. The van der Waals surface area contributed by atoms with Crippen LogP contribution >= 0.6 is 11.6 Å². The summed E-state index contributed by atoms with van der Waals surface area (Å²) in [5.41, 5.74) is -1.19. The molecule has 2 rings (SSSR count). The standard InChI is InChI=1S/C18H18ClF3N2O3/c1-17(2,12-19)27-16(25)24(26-11-13-6-4-3-5-7-13)15-9-8-14(10-23-15)18(20,21)22/h3-10H,11-12H2,1-2H3. The van der Waals surface area contributed by atoms with Crippen LogP contribution in [0.3, 0.4) is 0 Å². The van der Waals surface area contributed by atoms with E-state index in [0.29, 0.717) is 11.3 Å². The van der Waals surface area contributed by atoms with E-state index in [-0.39, 0.29) is 18.3 Å². The smallest absolute Gasteiger partial charge is 0.440 e. The van der Waals surface area contributed by atoms with Crippen molar-refractivity contribution in [3.63, 3.8) is 0 Å². The number of anilines is 1. The second-order valence-corrected chi connectivity index (χ2v) is 6.48. The Morgan fingerprint density at radius 2 is 1.81 bits per heavy atom. The van der Waals surface area contributed by atoms with E-state index >= 15 is 0 Å². The van der Waals surface area contributed by atoms with Crippen LogP contribution in [0.15, 0.2) is 48.7 Å². The molecule has 0 aliphatic heterocycles. The van der Waals surface area contributed by atoms with Crippen LogP contribution in [0.2, 0.25) is 0 Å². The molecule has 0 spiro atoms. The molecule has 5 nitrogen and oxygen atoms in total. The second-order valence-electron chi connectivity index (χ2n) is 6.22. The van der Waals surface area contributed by atoms with E-state index < -0.39 is 23.4 Å². The lowest BCUT2D eigenvalue weighted by atomic mass is 10.2. The van der Waals surface area contributed by atoms with E-state index in [1.165, 1.54) is 0 Å². The number of amides is 1. The molecular weight excluding hydrogens is 385 g/mol. The number of hydroxylamine groups is 1. The number of ether oxygens (including phenoxy) is 1. The Kier molecular flexibility index (Phi) is 6.67. The molecule has 27 heavy (non-hydrogen) atoms. The summed E-state index contributed by atoms with van der Waals surface area (Å²) in [4.78, 5) is 21.6. The predicted molar refractivity (Wildman–Crippen MR) is 94.2 cm³/mol. The quantitative estimate of drug-likeness (QED) is 0.492. The first-order valence-electron chi connectivity index (χ1n) is 7.91. The average Bonchev–Trinajstić information content (AvgIpc) is 2.62. The molecule has 0 aliphatic rings. The molecule has 0 saturated heterocycles. The van der Waals surface area contributed by atoms with Crippen molar-refractivity contribution in [2.75, 3.05) is 10.9 Å². The molecule has 0 aliphatic carbocycles. The highest BCUT2D eigenvalue weighted by atomic mass is 35.5. The Morgan fingerprint density at radius 3 is 2.33 bits per heavy atom. The first-order valence-corrected chi connectivity index (χ1v) is 8.45. The lowest BCUT2D eigenvalue weighted by Crippen LogP contribution is -2.39. The van der Waals surface area contributed by atoms with Crippen molar-refractivity contribution >= 4 is 23.5 Å². The summed E-state index contributed by atoms with van der Waals surface area (Å²) in [6.07, 6.45) is -4.86. The monoisotopic (exact) mass is 402 g/mol. The molecule has 2 aromatic rings. The van der Waals surface area contributed by atoms with Crippen molar-refractivity contribution < 1.29 is 27.5 Å². The van der Waals surface area contributed by atoms with Gasteiger partial charge in [-0.05, 0) is 31.5 Å². The van der Waals surface area contributed by atoms with Crippen molar-refractivity contribution in [3.8, 4) is 0 Å². The molecule has 0 bridgehead atoms. The molecule has 9 heteroatoms. The number of carbonyl (C=O) groups excluding carboxylic acids is 1. The van der Waals surface area contributed by atoms with Crippen LogP contribution in [0.5, 0.6) is 0 Å². The van der Waals surface area contributed by atoms with Crippen LogP contribution in [-0.4, -0.2) is 22.6 Å². The first kappa shape index (κ1) is 21.0. The Balaban J connectivity index is 2.24. The number of rotatable bonds is 6. The van der Waals surface area contributed by atoms with Gasteiger partial charge in [0.25, 0.3) is 0 Å². The highest BCUT2D eigenvalue weighted by molar-refractivity contribution is 6.18. The fraction of sp³-hybridized carbons (Fsp3) is 0.333. The fourth-order valence-corrected chi connectivity index (χ4v) is 1.96. The summed E-state index contributed by atoms with van der Waals surface area (Å²) in [5, 5.41) is 0.710. The number of pyridine rings is 1. The van der Waals surface area contributed by atoms with Gasteiger partial charge in [-0.15, -0.1) is 16.7 Å². The molecule has 0 radical (unpaired) electrons. The molecule has 0 fully saturated rings. The number of benzene rings is 1. The zero-order valence-corrected chi connectivity index (χ0v) is 15.4. The number of aromatic nitrogens is 1. The van der Waals surface area contributed by atoms with Crippen LogP contribution in [0.25, 0.3) is 0 Å². The van der Waals surface area contributed by atoms with Gasteiger partial charge in [0.05, 0.1) is 11.4 Å². The van der Waals surface area contributed by atoms with Gasteiger partial charge in [0.15, 0.2) is 5.82 Å². The Bertz CT molecular complexity index is 753. The molecule has 0 atom stereocenters. The van der Waals surface area contributed by atoms with Crippen LogP contribution in [0.4, 0.5) is 23.8 Å². The molecular formula is C18H18ClF3N2O3. The molecule has 0 saturated carbocycles. The van der Waals surface area contributed by atoms with Crippen LogP contribution < -0.4 is 5.06 Å². The largest absolute Gasteiger partial charge is 0.440 e. The predicted octanol–water partition coefficient (Wildman–Crippen LogP) is 5.19. The normalized spacial score (nSPS) is 11.9. The maximum Gasteiger partial charge on any atom is 0.440 e. The molecule has 146 valence electrons. The summed E-state index contributed by atoms with van der Waals surface area (Å²) < 4.78 is 43.4. The number of nitrogens with zero attached hydrogens (tertiary/aromatic N) is 2. The third-order valence-corrected chi connectivity index (χ3v) is 3.98. The van der Waals surface area contributed by atoms with E-state index in [1.807, 2.05) is 6.07 Å². The van der Waals surface area contributed by atoms with Gasteiger partial charge in [0, 0.05) is 6.20 Å². The second kappa shape index (κ2) is 8.58.